The van der Waals surface area contributed by atoms with Crippen molar-refractivity contribution in [2.45, 2.75) is 5.41 Å². The molecule has 1 spiro atoms. The fraction of sp³-hybridized carbons (Fsp3) is 0.0172. The van der Waals surface area contributed by atoms with E-state index in [4.69, 9.17) is 14.7 Å². The van der Waals surface area contributed by atoms with Crippen LogP contribution in [0.25, 0.3) is 93.9 Å². The van der Waals surface area contributed by atoms with Gasteiger partial charge in [-0.1, -0.05) is 97.1 Å². The average Bonchev–Trinajstić information content (AvgIpc) is 4.08. The van der Waals surface area contributed by atoms with Crippen molar-refractivity contribution in [1.82, 2.24) is 28.7 Å². The number of hydrogen-bond donors (Lipinski definition) is 0. The SMILES string of the molecule is c1ccc2c(c1)Oc1ccc(-n3c4ccccc4c4cc(-n5c6ccccc6c6ccncc65)ccc43)cc1C21c2cccnc2-c2ncc(-n3c4ccccc4c4ccccc43)cc21. The van der Waals surface area contributed by atoms with E-state index in [9.17, 15) is 0 Å². The van der Waals surface area contributed by atoms with E-state index >= 15 is 0 Å². The lowest BCUT2D eigenvalue weighted by Gasteiger charge is -2.39. The van der Waals surface area contributed by atoms with E-state index in [-0.39, 0.29) is 0 Å². The minimum Gasteiger partial charge on any atom is -0.457 e. The highest BCUT2D eigenvalue weighted by molar-refractivity contribution is 6.12. The standard InChI is InChI=1S/C58H34N6O/c1-7-19-49-38(12-1)39-13-2-8-20-50(39)64(49)37-32-47-57(61-33-37)56-45(17-11-28-60-56)58(47)44-16-5-10-22-54(44)65-55-26-24-36(31-46(55)58)62-51-21-9-4-15-41(51)43-30-35(23-25-52(43)62)63-48-18-6-3-14-40(48)42-27-29-59-34-53(42)63/h1-34H. The number of ether oxygens (including phenoxy) is 1. The second-order valence-corrected chi connectivity index (χ2v) is 17.2. The summed E-state index contributed by atoms with van der Waals surface area (Å²) < 4.78 is 14.0. The zero-order valence-corrected chi connectivity index (χ0v) is 34.7. The average molecular weight is 831 g/mol. The normalized spacial score (nSPS) is 15.0. The van der Waals surface area contributed by atoms with Crippen molar-refractivity contribution in [2.75, 3.05) is 0 Å². The van der Waals surface area contributed by atoms with Gasteiger partial charge < -0.3 is 18.4 Å². The van der Waals surface area contributed by atoms with Crippen LogP contribution in [-0.4, -0.2) is 28.7 Å². The lowest BCUT2D eigenvalue weighted by atomic mass is 9.66. The van der Waals surface area contributed by atoms with E-state index in [0.29, 0.717) is 0 Å². The second kappa shape index (κ2) is 12.6. The van der Waals surface area contributed by atoms with Crippen LogP contribution in [0.2, 0.25) is 0 Å². The molecule has 7 heterocycles. The van der Waals surface area contributed by atoms with Crippen LogP contribution in [0.4, 0.5) is 0 Å². The molecule has 302 valence electrons. The summed E-state index contributed by atoms with van der Waals surface area (Å²) in [6.07, 6.45) is 7.75. The molecule has 2 aliphatic rings. The highest BCUT2D eigenvalue weighted by Gasteiger charge is 2.53. The van der Waals surface area contributed by atoms with Crippen molar-refractivity contribution in [1.29, 1.82) is 0 Å². The Morgan fingerprint density at radius 3 is 1.60 bits per heavy atom. The summed E-state index contributed by atoms with van der Waals surface area (Å²) in [7, 11) is 0. The lowest BCUT2D eigenvalue weighted by Crippen LogP contribution is -2.32. The highest BCUT2D eigenvalue weighted by atomic mass is 16.5. The van der Waals surface area contributed by atoms with Gasteiger partial charge in [-0.3, -0.25) is 15.0 Å². The molecule has 0 amide bonds. The fourth-order valence-electron chi connectivity index (χ4n) is 11.5. The minimum absolute atomic E-state index is 0.794. The Hall–Kier alpha value is -8.81. The van der Waals surface area contributed by atoms with Gasteiger partial charge in [0.2, 0.25) is 0 Å². The number of pyridine rings is 3. The number of benzene rings is 7. The van der Waals surface area contributed by atoms with Crippen LogP contribution < -0.4 is 4.74 Å². The van der Waals surface area contributed by atoms with Crippen LogP contribution in [-0.2, 0) is 5.41 Å². The highest BCUT2D eigenvalue weighted by Crippen LogP contribution is 2.62. The first kappa shape index (κ1) is 34.7. The summed E-state index contributed by atoms with van der Waals surface area (Å²) in [5.41, 5.74) is 15.1. The third kappa shape index (κ3) is 4.46. The van der Waals surface area contributed by atoms with Gasteiger partial charge >= 0.3 is 0 Å². The van der Waals surface area contributed by atoms with E-state index in [1.807, 2.05) is 24.8 Å². The van der Waals surface area contributed by atoms with Crippen molar-refractivity contribution in [3.05, 3.63) is 229 Å². The molecule has 7 aromatic carbocycles. The van der Waals surface area contributed by atoms with Crippen LogP contribution in [0.15, 0.2) is 207 Å². The maximum absolute atomic E-state index is 6.92. The van der Waals surface area contributed by atoms with E-state index < -0.39 is 5.41 Å². The maximum Gasteiger partial charge on any atom is 0.132 e. The Labute approximate surface area is 371 Å². The summed E-state index contributed by atoms with van der Waals surface area (Å²) in [6.45, 7) is 0. The molecular formula is C58H34N6O. The number of rotatable bonds is 3. The molecule has 13 aromatic rings. The van der Waals surface area contributed by atoms with E-state index in [1.165, 1.54) is 32.3 Å². The van der Waals surface area contributed by atoms with Crippen LogP contribution in [0.3, 0.4) is 0 Å². The third-order valence-electron chi connectivity index (χ3n) is 14.1. The van der Waals surface area contributed by atoms with Crippen LogP contribution in [0, 0.1) is 0 Å². The van der Waals surface area contributed by atoms with Crippen molar-refractivity contribution in [3.8, 4) is 39.9 Å². The molecule has 0 saturated carbocycles. The molecule has 6 aromatic heterocycles. The van der Waals surface area contributed by atoms with Crippen LogP contribution in [0.5, 0.6) is 11.5 Å². The molecular weight excluding hydrogens is 797 g/mol. The molecule has 0 N–H and O–H groups in total. The van der Waals surface area contributed by atoms with Crippen molar-refractivity contribution < 1.29 is 4.74 Å². The Kier molecular flexibility index (Phi) is 6.76. The van der Waals surface area contributed by atoms with Crippen LogP contribution >= 0.6 is 0 Å². The number of nitrogens with zero attached hydrogens (tertiary/aromatic N) is 6. The first-order valence-electron chi connectivity index (χ1n) is 22.0. The molecule has 7 nitrogen and oxygen atoms in total. The van der Waals surface area contributed by atoms with E-state index in [2.05, 4.69) is 201 Å². The van der Waals surface area contributed by atoms with Crippen LogP contribution in [0.1, 0.15) is 22.3 Å². The second-order valence-electron chi connectivity index (χ2n) is 17.2. The summed E-state index contributed by atoms with van der Waals surface area (Å²) in [6, 6.07) is 65.4. The van der Waals surface area contributed by atoms with Crippen molar-refractivity contribution >= 4 is 65.4 Å². The molecule has 15 rings (SSSR count). The van der Waals surface area contributed by atoms with Gasteiger partial charge in [0.25, 0.3) is 0 Å². The molecule has 0 saturated heterocycles. The lowest BCUT2D eigenvalue weighted by molar-refractivity contribution is 0.436. The summed E-state index contributed by atoms with van der Waals surface area (Å²) in [5.74, 6) is 1.63. The zero-order chi connectivity index (χ0) is 42.4. The number of fused-ring (bicyclic) bond motifs is 18. The quantitative estimate of drug-likeness (QED) is 0.178. The molecule has 0 radical (unpaired) electrons. The topological polar surface area (TPSA) is 62.7 Å². The predicted molar refractivity (Wildman–Crippen MR) is 260 cm³/mol. The third-order valence-corrected chi connectivity index (χ3v) is 14.1. The summed E-state index contributed by atoms with van der Waals surface area (Å²) >= 11 is 0. The first-order valence-corrected chi connectivity index (χ1v) is 22.0. The number of aromatic nitrogens is 6. The van der Waals surface area contributed by atoms with Gasteiger partial charge in [0, 0.05) is 72.8 Å². The van der Waals surface area contributed by atoms with Gasteiger partial charge in [-0.05, 0) is 90.5 Å². The van der Waals surface area contributed by atoms with Gasteiger partial charge in [-0.15, -0.1) is 0 Å². The summed E-state index contributed by atoms with van der Waals surface area (Å²) in [4.78, 5) is 15.0. The van der Waals surface area contributed by atoms with Gasteiger partial charge in [-0.25, -0.2) is 0 Å². The van der Waals surface area contributed by atoms with Crippen molar-refractivity contribution in [3.63, 3.8) is 0 Å². The van der Waals surface area contributed by atoms with Gasteiger partial charge in [-0.2, -0.15) is 0 Å². The molecule has 7 heteroatoms. The molecule has 0 bridgehead atoms. The Morgan fingerprint density at radius 2 is 0.862 bits per heavy atom. The Bertz CT molecular complexity index is 4090. The predicted octanol–water partition coefficient (Wildman–Crippen LogP) is 13.6. The molecule has 0 fully saturated rings. The maximum atomic E-state index is 6.92. The van der Waals surface area contributed by atoms with Gasteiger partial charge in [0.05, 0.1) is 68.0 Å². The van der Waals surface area contributed by atoms with Crippen molar-refractivity contribution in [2.24, 2.45) is 0 Å². The Morgan fingerprint density at radius 1 is 0.338 bits per heavy atom. The number of hydrogen-bond acceptors (Lipinski definition) is 4. The molecule has 65 heavy (non-hydrogen) atoms. The minimum atomic E-state index is -0.794. The zero-order valence-electron chi connectivity index (χ0n) is 34.7. The number of para-hydroxylation sites is 5. The molecule has 1 unspecified atom stereocenters. The molecule has 1 atom stereocenters. The molecule has 1 aliphatic heterocycles. The first-order chi connectivity index (χ1) is 32.3. The Balaban J connectivity index is 0.994. The monoisotopic (exact) mass is 830 g/mol. The van der Waals surface area contributed by atoms with Gasteiger partial charge in [0.15, 0.2) is 0 Å². The van der Waals surface area contributed by atoms with Gasteiger partial charge in [0.1, 0.15) is 11.5 Å². The smallest absolute Gasteiger partial charge is 0.132 e. The van der Waals surface area contributed by atoms with E-state index in [0.717, 1.165) is 95.3 Å². The van der Waals surface area contributed by atoms with E-state index in [1.54, 1.807) is 0 Å². The summed E-state index contributed by atoms with van der Waals surface area (Å²) in [5, 5.41) is 7.16. The fourth-order valence-corrected chi connectivity index (χ4v) is 11.5. The largest absolute Gasteiger partial charge is 0.457 e. The molecule has 1 aliphatic carbocycles.